The van der Waals surface area contributed by atoms with Crippen LogP contribution in [0.15, 0.2) is 24.8 Å². The van der Waals surface area contributed by atoms with Gasteiger partial charge in [0.15, 0.2) is 11.5 Å². The first-order valence-corrected chi connectivity index (χ1v) is 6.24. The Morgan fingerprint density at radius 1 is 1.39 bits per heavy atom. The van der Waals surface area contributed by atoms with Crippen molar-refractivity contribution in [2.24, 2.45) is 0 Å². The molecule has 0 saturated carbocycles. The monoisotopic (exact) mass is 269 g/mol. The minimum absolute atomic E-state index is 0.384. The number of methoxy groups -OCH3 is 2. The van der Waals surface area contributed by atoms with E-state index in [-0.39, 0.29) is 0 Å². The Hall–Kier alpha value is -1.19. The number of hydrogen-bond donors (Lipinski definition) is 1. The lowest BCUT2D eigenvalue weighted by Gasteiger charge is -2.14. The summed E-state index contributed by atoms with van der Waals surface area (Å²) in [6, 6.07) is 4.20. The standard InChI is InChI=1S/C14H20ClNO2/c1-5-6-10(2)16-9-11-7-12(15)14(18-4)13(8-11)17-3/h5,7-8,10,16H,1,6,9H2,2-4H3. The average Bonchev–Trinajstić information content (AvgIpc) is 2.36. The van der Waals surface area contributed by atoms with Crippen molar-refractivity contribution in [2.45, 2.75) is 25.9 Å². The van der Waals surface area contributed by atoms with E-state index in [4.69, 9.17) is 21.1 Å². The first kappa shape index (κ1) is 14.9. The Bertz CT molecular complexity index is 407. The summed E-state index contributed by atoms with van der Waals surface area (Å²) in [5, 5.41) is 3.95. The number of rotatable bonds is 7. The third-order valence-corrected chi connectivity index (χ3v) is 2.95. The Morgan fingerprint density at radius 3 is 2.67 bits per heavy atom. The maximum atomic E-state index is 6.14. The van der Waals surface area contributed by atoms with Crippen LogP contribution in [0.3, 0.4) is 0 Å². The molecule has 1 N–H and O–H groups in total. The van der Waals surface area contributed by atoms with Gasteiger partial charge in [-0.2, -0.15) is 0 Å². The van der Waals surface area contributed by atoms with Gasteiger partial charge in [-0.3, -0.25) is 0 Å². The molecule has 1 rings (SSSR count). The molecule has 0 spiro atoms. The topological polar surface area (TPSA) is 30.5 Å². The van der Waals surface area contributed by atoms with E-state index in [2.05, 4.69) is 18.8 Å². The van der Waals surface area contributed by atoms with Crippen molar-refractivity contribution in [3.05, 3.63) is 35.4 Å². The molecule has 0 saturated heterocycles. The smallest absolute Gasteiger partial charge is 0.179 e. The Labute approximate surface area is 114 Å². The summed E-state index contributed by atoms with van der Waals surface area (Å²) in [6.45, 7) is 6.57. The second-order valence-electron chi connectivity index (χ2n) is 4.12. The van der Waals surface area contributed by atoms with Crippen molar-refractivity contribution in [3.63, 3.8) is 0 Å². The van der Waals surface area contributed by atoms with Crippen LogP contribution in [0.4, 0.5) is 0 Å². The Balaban J connectivity index is 2.78. The summed E-state index contributed by atoms with van der Waals surface area (Å²) >= 11 is 6.14. The molecule has 100 valence electrons. The van der Waals surface area contributed by atoms with E-state index in [1.54, 1.807) is 14.2 Å². The van der Waals surface area contributed by atoms with Gasteiger partial charge in [0.05, 0.1) is 19.2 Å². The zero-order valence-corrected chi connectivity index (χ0v) is 11.9. The first-order valence-electron chi connectivity index (χ1n) is 5.87. The van der Waals surface area contributed by atoms with Crippen molar-refractivity contribution < 1.29 is 9.47 Å². The Morgan fingerprint density at radius 2 is 2.11 bits per heavy atom. The number of hydrogen-bond acceptors (Lipinski definition) is 3. The highest BCUT2D eigenvalue weighted by Crippen LogP contribution is 2.35. The molecule has 0 aliphatic rings. The molecule has 4 heteroatoms. The fraction of sp³-hybridized carbons (Fsp3) is 0.429. The van der Waals surface area contributed by atoms with Crippen LogP contribution in [-0.4, -0.2) is 20.3 Å². The molecule has 1 aromatic carbocycles. The molecule has 0 amide bonds. The molecule has 0 aliphatic heterocycles. The fourth-order valence-electron chi connectivity index (χ4n) is 1.70. The lowest BCUT2D eigenvalue weighted by atomic mass is 10.1. The van der Waals surface area contributed by atoms with Gasteiger partial charge in [-0.25, -0.2) is 0 Å². The molecule has 3 nitrogen and oxygen atoms in total. The predicted molar refractivity (Wildman–Crippen MR) is 75.7 cm³/mol. The van der Waals surface area contributed by atoms with Crippen molar-refractivity contribution in [3.8, 4) is 11.5 Å². The van der Waals surface area contributed by atoms with Crippen molar-refractivity contribution in [1.82, 2.24) is 5.32 Å². The van der Waals surface area contributed by atoms with Crippen LogP contribution in [-0.2, 0) is 6.54 Å². The number of halogens is 1. The van der Waals surface area contributed by atoms with Crippen molar-refractivity contribution in [2.75, 3.05) is 14.2 Å². The zero-order chi connectivity index (χ0) is 13.5. The maximum Gasteiger partial charge on any atom is 0.179 e. The summed E-state index contributed by atoms with van der Waals surface area (Å²) in [5.74, 6) is 1.22. The van der Waals surface area contributed by atoms with Gasteiger partial charge >= 0.3 is 0 Å². The van der Waals surface area contributed by atoms with Crippen molar-refractivity contribution >= 4 is 11.6 Å². The summed E-state index contributed by atoms with van der Waals surface area (Å²) < 4.78 is 10.5. The summed E-state index contributed by atoms with van der Waals surface area (Å²) in [6.07, 6.45) is 2.83. The normalized spacial score (nSPS) is 12.0. The first-order chi connectivity index (χ1) is 8.62. The summed E-state index contributed by atoms with van der Waals surface area (Å²) in [5.41, 5.74) is 1.06. The second kappa shape index (κ2) is 7.29. The fourth-order valence-corrected chi connectivity index (χ4v) is 2.01. The third-order valence-electron chi connectivity index (χ3n) is 2.67. The minimum Gasteiger partial charge on any atom is -0.493 e. The number of benzene rings is 1. The molecule has 0 heterocycles. The van der Waals surface area contributed by atoms with E-state index < -0.39 is 0 Å². The van der Waals surface area contributed by atoms with Crippen LogP contribution in [0, 0.1) is 0 Å². The van der Waals surface area contributed by atoms with Gasteiger partial charge in [0.25, 0.3) is 0 Å². The highest BCUT2D eigenvalue weighted by molar-refractivity contribution is 6.32. The van der Waals surface area contributed by atoms with E-state index >= 15 is 0 Å². The van der Waals surface area contributed by atoms with E-state index in [1.807, 2.05) is 18.2 Å². The van der Waals surface area contributed by atoms with Crippen LogP contribution in [0.25, 0.3) is 0 Å². The van der Waals surface area contributed by atoms with Gasteiger partial charge in [-0.1, -0.05) is 17.7 Å². The molecule has 0 radical (unpaired) electrons. The molecule has 1 atom stereocenters. The van der Waals surface area contributed by atoms with E-state index in [0.29, 0.717) is 22.6 Å². The van der Waals surface area contributed by atoms with E-state index in [0.717, 1.165) is 18.5 Å². The van der Waals surface area contributed by atoms with E-state index in [1.165, 1.54) is 0 Å². The highest BCUT2D eigenvalue weighted by atomic mass is 35.5. The van der Waals surface area contributed by atoms with Gasteiger partial charge < -0.3 is 14.8 Å². The predicted octanol–water partition coefficient (Wildman–Crippen LogP) is 3.41. The van der Waals surface area contributed by atoms with E-state index in [9.17, 15) is 0 Å². The lowest BCUT2D eigenvalue weighted by Crippen LogP contribution is -2.24. The maximum absolute atomic E-state index is 6.14. The van der Waals surface area contributed by atoms with Crippen LogP contribution in [0.2, 0.25) is 5.02 Å². The second-order valence-corrected chi connectivity index (χ2v) is 4.53. The molecule has 0 bridgehead atoms. The zero-order valence-electron chi connectivity index (χ0n) is 11.1. The third kappa shape index (κ3) is 3.93. The largest absolute Gasteiger partial charge is 0.493 e. The van der Waals surface area contributed by atoms with Crippen molar-refractivity contribution in [1.29, 1.82) is 0 Å². The van der Waals surface area contributed by atoms with Gasteiger partial charge in [0.1, 0.15) is 0 Å². The quantitative estimate of drug-likeness (QED) is 0.770. The van der Waals surface area contributed by atoms with Crippen LogP contribution in [0.1, 0.15) is 18.9 Å². The molecule has 0 aromatic heterocycles. The SMILES string of the molecule is C=CCC(C)NCc1cc(Cl)c(OC)c(OC)c1. The highest BCUT2D eigenvalue weighted by Gasteiger charge is 2.11. The van der Waals surface area contributed by atoms with Gasteiger partial charge in [-0.15, -0.1) is 6.58 Å². The molecule has 1 aromatic rings. The molecule has 1 unspecified atom stereocenters. The average molecular weight is 270 g/mol. The molecule has 0 aliphatic carbocycles. The Kier molecular flexibility index (Phi) is 6.02. The minimum atomic E-state index is 0.384. The molecule has 18 heavy (non-hydrogen) atoms. The number of nitrogens with one attached hydrogen (secondary N) is 1. The van der Waals surface area contributed by atoms with Crippen LogP contribution < -0.4 is 14.8 Å². The van der Waals surface area contributed by atoms with Gasteiger partial charge in [0.2, 0.25) is 0 Å². The molecular formula is C14H20ClNO2. The lowest BCUT2D eigenvalue weighted by molar-refractivity contribution is 0.354. The van der Waals surface area contributed by atoms with Crippen LogP contribution >= 0.6 is 11.6 Å². The van der Waals surface area contributed by atoms with Gasteiger partial charge in [-0.05, 0) is 31.0 Å². The summed E-state index contributed by atoms with van der Waals surface area (Å²) in [4.78, 5) is 0. The van der Waals surface area contributed by atoms with Gasteiger partial charge in [0, 0.05) is 12.6 Å². The molecule has 0 fully saturated rings. The molecular weight excluding hydrogens is 250 g/mol. The van der Waals surface area contributed by atoms with Crippen LogP contribution in [0.5, 0.6) is 11.5 Å². The summed E-state index contributed by atoms with van der Waals surface area (Å²) in [7, 11) is 3.18. The number of ether oxygens (including phenoxy) is 2.